The van der Waals surface area contributed by atoms with E-state index in [0.29, 0.717) is 40.4 Å². The van der Waals surface area contributed by atoms with Gasteiger partial charge in [0.15, 0.2) is 0 Å². The SMILES string of the molecule is Cc1ccc(COc2ccc(/C=C3\C(=O)NC(=O)N(c4ccc(OCc5ccc(Br)cc5)cc4)C3=O)cc2Br)cc1C. The number of hydrogen-bond acceptors (Lipinski definition) is 5. The molecule has 0 unspecified atom stereocenters. The number of anilines is 1. The normalized spacial score (nSPS) is 14.2. The summed E-state index contributed by atoms with van der Waals surface area (Å²) in [5.41, 5.74) is 5.19. The number of carbonyl (C=O) groups is 3. The van der Waals surface area contributed by atoms with Crippen molar-refractivity contribution < 1.29 is 23.9 Å². The van der Waals surface area contributed by atoms with Gasteiger partial charge in [0.25, 0.3) is 11.8 Å². The van der Waals surface area contributed by atoms with Crippen LogP contribution in [0.3, 0.4) is 0 Å². The van der Waals surface area contributed by atoms with Gasteiger partial charge in [0.2, 0.25) is 0 Å². The van der Waals surface area contributed by atoms with Crippen LogP contribution in [0.15, 0.2) is 99.4 Å². The van der Waals surface area contributed by atoms with Crippen molar-refractivity contribution in [3.63, 3.8) is 0 Å². The van der Waals surface area contributed by atoms with E-state index in [9.17, 15) is 14.4 Å². The lowest BCUT2D eigenvalue weighted by Gasteiger charge is -2.26. The number of halogens is 2. The van der Waals surface area contributed by atoms with Crippen LogP contribution < -0.4 is 19.7 Å². The quantitative estimate of drug-likeness (QED) is 0.152. The first-order chi connectivity index (χ1) is 20.2. The lowest BCUT2D eigenvalue weighted by molar-refractivity contribution is -0.122. The summed E-state index contributed by atoms with van der Waals surface area (Å²) in [5, 5.41) is 2.25. The number of imide groups is 2. The lowest BCUT2D eigenvalue weighted by Crippen LogP contribution is -2.54. The zero-order chi connectivity index (χ0) is 29.8. The number of benzene rings is 4. The van der Waals surface area contributed by atoms with Gasteiger partial charge in [0.1, 0.15) is 30.3 Å². The number of aryl methyl sites for hydroxylation is 2. The molecule has 1 aliphatic rings. The van der Waals surface area contributed by atoms with Crippen molar-refractivity contribution in [1.82, 2.24) is 5.32 Å². The minimum Gasteiger partial charge on any atom is -0.489 e. The Labute approximate surface area is 260 Å². The maximum atomic E-state index is 13.3. The largest absolute Gasteiger partial charge is 0.489 e. The molecule has 1 N–H and O–H groups in total. The zero-order valence-corrected chi connectivity index (χ0v) is 26.0. The van der Waals surface area contributed by atoms with Crippen molar-refractivity contribution in [1.29, 1.82) is 0 Å². The molecule has 0 aromatic heterocycles. The van der Waals surface area contributed by atoms with Crippen LogP contribution in [0.25, 0.3) is 6.08 Å². The Balaban J connectivity index is 1.28. The van der Waals surface area contributed by atoms with Gasteiger partial charge in [-0.25, -0.2) is 9.69 Å². The van der Waals surface area contributed by atoms with Gasteiger partial charge in [-0.3, -0.25) is 14.9 Å². The van der Waals surface area contributed by atoms with E-state index >= 15 is 0 Å². The van der Waals surface area contributed by atoms with E-state index in [1.165, 1.54) is 17.2 Å². The molecule has 5 rings (SSSR count). The molecule has 9 heteroatoms. The number of amides is 4. The van der Waals surface area contributed by atoms with Crippen molar-refractivity contribution in [2.75, 3.05) is 4.90 Å². The van der Waals surface area contributed by atoms with Crippen LogP contribution in [0.1, 0.15) is 27.8 Å². The van der Waals surface area contributed by atoms with Gasteiger partial charge in [-0.2, -0.15) is 0 Å². The monoisotopic (exact) mass is 688 g/mol. The summed E-state index contributed by atoms with van der Waals surface area (Å²) in [6.07, 6.45) is 1.45. The zero-order valence-electron chi connectivity index (χ0n) is 22.8. The molecule has 212 valence electrons. The van der Waals surface area contributed by atoms with E-state index in [4.69, 9.17) is 9.47 Å². The first-order valence-corrected chi connectivity index (χ1v) is 14.6. The van der Waals surface area contributed by atoms with Crippen LogP contribution in [0, 0.1) is 13.8 Å². The van der Waals surface area contributed by atoms with Crippen molar-refractivity contribution in [2.45, 2.75) is 27.1 Å². The minimum atomic E-state index is -0.818. The molecular weight excluding hydrogens is 664 g/mol. The molecule has 1 fully saturated rings. The summed E-state index contributed by atoms with van der Waals surface area (Å²) < 4.78 is 13.4. The summed E-state index contributed by atoms with van der Waals surface area (Å²) in [6, 6.07) is 24.9. The Morgan fingerprint density at radius 2 is 1.45 bits per heavy atom. The van der Waals surface area contributed by atoms with Crippen LogP contribution in [-0.2, 0) is 22.8 Å². The summed E-state index contributed by atoms with van der Waals surface area (Å²) in [5.74, 6) is -0.294. The fourth-order valence-electron chi connectivity index (χ4n) is 4.28. The molecule has 4 aromatic rings. The Bertz CT molecular complexity index is 1700. The van der Waals surface area contributed by atoms with E-state index in [2.05, 4.69) is 63.2 Å². The number of barbiturate groups is 1. The molecule has 4 aromatic carbocycles. The third kappa shape index (κ3) is 6.80. The van der Waals surface area contributed by atoms with Gasteiger partial charge >= 0.3 is 6.03 Å². The van der Waals surface area contributed by atoms with Crippen molar-refractivity contribution >= 4 is 61.5 Å². The Hall–Kier alpha value is -4.21. The fourth-order valence-corrected chi connectivity index (χ4v) is 5.05. The molecule has 0 spiro atoms. The molecule has 42 heavy (non-hydrogen) atoms. The maximum Gasteiger partial charge on any atom is 0.335 e. The number of hydrogen-bond donors (Lipinski definition) is 1. The van der Waals surface area contributed by atoms with Gasteiger partial charge in [-0.1, -0.05) is 52.3 Å². The maximum absolute atomic E-state index is 13.3. The molecule has 0 aliphatic carbocycles. The Morgan fingerprint density at radius 1 is 0.762 bits per heavy atom. The highest BCUT2D eigenvalue weighted by Crippen LogP contribution is 2.29. The van der Waals surface area contributed by atoms with Gasteiger partial charge in [-0.15, -0.1) is 0 Å². The van der Waals surface area contributed by atoms with Gasteiger partial charge in [0.05, 0.1) is 10.2 Å². The molecule has 1 aliphatic heterocycles. The molecule has 0 atom stereocenters. The second-order valence-corrected chi connectivity index (χ2v) is 11.5. The number of carbonyl (C=O) groups excluding carboxylic acids is 3. The van der Waals surface area contributed by atoms with Crippen molar-refractivity contribution in [3.05, 3.63) is 127 Å². The van der Waals surface area contributed by atoms with Crippen LogP contribution in [0.5, 0.6) is 11.5 Å². The van der Waals surface area contributed by atoms with E-state index in [-0.39, 0.29) is 5.57 Å². The van der Waals surface area contributed by atoms with Gasteiger partial charge < -0.3 is 9.47 Å². The number of ether oxygens (including phenoxy) is 2. The first-order valence-electron chi connectivity index (χ1n) is 13.1. The van der Waals surface area contributed by atoms with Gasteiger partial charge in [-0.05, 0) is 112 Å². The lowest BCUT2D eigenvalue weighted by atomic mass is 10.1. The van der Waals surface area contributed by atoms with E-state index in [0.717, 1.165) is 20.5 Å². The van der Waals surface area contributed by atoms with Gasteiger partial charge in [0, 0.05) is 4.47 Å². The highest BCUT2D eigenvalue weighted by atomic mass is 79.9. The third-order valence-corrected chi connectivity index (χ3v) is 7.90. The predicted octanol–water partition coefficient (Wildman–Crippen LogP) is 7.65. The highest BCUT2D eigenvalue weighted by Gasteiger charge is 2.36. The van der Waals surface area contributed by atoms with E-state index in [1.54, 1.807) is 42.5 Å². The minimum absolute atomic E-state index is 0.166. The van der Waals surface area contributed by atoms with Crippen LogP contribution in [0.4, 0.5) is 10.5 Å². The van der Waals surface area contributed by atoms with E-state index in [1.807, 2.05) is 30.3 Å². The smallest absolute Gasteiger partial charge is 0.335 e. The molecule has 1 saturated heterocycles. The molecule has 0 radical (unpaired) electrons. The number of nitrogens with zero attached hydrogens (tertiary/aromatic N) is 1. The predicted molar refractivity (Wildman–Crippen MR) is 168 cm³/mol. The standard InChI is InChI=1S/C33H26Br2N2O5/c1-20-3-4-24(15-21(20)2)19-42-30-14-7-23(17-29(30)35)16-28-31(38)36-33(40)37(32(28)39)26-10-12-27(13-11-26)41-18-22-5-8-25(34)9-6-22/h3-17H,18-19H2,1-2H3,(H,36,38,40)/b28-16+. The second kappa shape index (κ2) is 12.8. The first kappa shape index (κ1) is 29.3. The molecule has 4 amide bonds. The molecule has 0 saturated carbocycles. The Kier molecular flexibility index (Phi) is 8.89. The molecule has 1 heterocycles. The number of nitrogens with one attached hydrogen (secondary N) is 1. The summed E-state index contributed by atoms with van der Waals surface area (Å²) >= 11 is 6.93. The second-order valence-electron chi connectivity index (χ2n) is 9.76. The van der Waals surface area contributed by atoms with Crippen molar-refractivity contribution in [2.24, 2.45) is 0 Å². The number of rotatable bonds is 8. The van der Waals surface area contributed by atoms with Crippen molar-refractivity contribution in [3.8, 4) is 11.5 Å². The highest BCUT2D eigenvalue weighted by molar-refractivity contribution is 9.10. The summed E-state index contributed by atoms with van der Waals surface area (Å²) in [4.78, 5) is 39.6. The van der Waals surface area contributed by atoms with Crippen LogP contribution in [0.2, 0.25) is 0 Å². The topological polar surface area (TPSA) is 84.9 Å². The Morgan fingerprint density at radius 3 is 2.14 bits per heavy atom. The van der Waals surface area contributed by atoms with E-state index < -0.39 is 17.8 Å². The molecule has 0 bridgehead atoms. The average Bonchev–Trinajstić information content (AvgIpc) is 2.97. The fraction of sp³-hybridized carbons (Fsp3) is 0.121. The third-order valence-electron chi connectivity index (χ3n) is 6.75. The number of urea groups is 1. The molecule has 7 nitrogen and oxygen atoms in total. The molecular formula is C33H26Br2N2O5. The summed E-state index contributed by atoms with van der Waals surface area (Å²) in [6.45, 7) is 4.88. The van der Waals surface area contributed by atoms with Crippen LogP contribution in [-0.4, -0.2) is 17.8 Å². The van der Waals surface area contributed by atoms with Crippen LogP contribution >= 0.6 is 31.9 Å². The summed E-state index contributed by atoms with van der Waals surface area (Å²) in [7, 11) is 0. The average molecular weight is 690 g/mol.